The third-order valence-electron chi connectivity index (χ3n) is 3.07. The quantitative estimate of drug-likeness (QED) is 0.389. The molecular weight excluding hydrogens is 257 g/mol. The summed E-state index contributed by atoms with van der Waals surface area (Å²) in [4.78, 5) is 1.93. The van der Waals surface area contributed by atoms with Crippen molar-refractivity contribution < 1.29 is 9.60 Å². The molecule has 20 heavy (non-hydrogen) atoms. The molecule has 0 aliphatic carbocycles. The lowest BCUT2D eigenvalue weighted by atomic mass is 10.1. The number of hydrogen-bond donors (Lipinski definition) is 2. The van der Waals surface area contributed by atoms with E-state index in [0.29, 0.717) is 12.1 Å². The zero-order valence-corrected chi connectivity index (χ0v) is 11.1. The molecule has 0 heterocycles. The van der Waals surface area contributed by atoms with Gasteiger partial charge < -0.3 is 15.8 Å². The van der Waals surface area contributed by atoms with Crippen LogP contribution in [0.1, 0.15) is 11.1 Å². The molecule has 5 heteroatoms. The van der Waals surface area contributed by atoms with Crippen molar-refractivity contribution in [3.8, 4) is 0 Å². The first-order chi connectivity index (χ1) is 9.63. The molecule has 0 bridgehead atoms. The smallest absolute Gasteiger partial charge is 0.173 e. The molecular formula is C15H16FN3O. The van der Waals surface area contributed by atoms with E-state index < -0.39 is 5.82 Å². The lowest BCUT2D eigenvalue weighted by Gasteiger charge is -2.20. The monoisotopic (exact) mass is 273 g/mol. The van der Waals surface area contributed by atoms with E-state index in [-0.39, 0.29) is 11.4 Å². The maximum Gasteiger partial charge on any atom is 0.173 e. The zero-order valence-electron chi connectivity index (χ0n) is 11.1. The molecule has 0 saturated heterocycles. The second-order valence-electron chi connectivity index (χ2n) is 4.46. The minimum Gasteiger partial charge on any atom is -0.409 e. The molecule has 0 atom stereocenters. The summed E-state index contributed by atoms with van der Waals surface area (Å²) >= 11 is 0. The largest absolute Gasteiger partial charge is 0.409 e. The molecule has 0 spiro atoms. The molecule has 0 amide bonds. The minimum absolute atomic E-state index is 0.103. The van der Waals surface area contributed by atoms with E-state index in [1.165, 1.54) is 6.07 Å². The van der Waals surface area contributed by atoms with Crippen LogP contribution in [0.4, 0.5) is 10.1 Å². The van der Waals surface area contributed by atoms with Gasteiger partial charge in [-0.15, -0.1) is 0 Å². The molecule has 0 aliphatic rings. The van der Waals surface area contributed by atoms with Crippen LogP contribution in [-0.2, 0) is 6.54 Å². The highest BCUT2D eigenvalue weighted by atomic mass is 19.1. The average molecular weight is 273 g/mol. The first kappa shape index (κ1) is 13.9. The molecule has 0 radical (unpaired) electrons. The van der Waals surface area contributed by atoms with Crippen LogP contribution >= 0.6 is 0 Å². The number of halogens is 1. The topological polar surface area (TPSA) is 61.8 Å². The number of oxime groups is 1. The van der Waals surface area contributed by atoms with E-state index in [1.807, 2.05) is 42.3 Å². The van der Waals surface area contributed by atoms with Gasteiger partial charge in [-0.2, -0.15) is 0 Å². The van der Waals surface area contributed by atoms with Gasteiger partial charge in [0.05, 0.1) is 5.56 Å². The van der Waals surface area contributed by atoms with Gasteiger partial charge in [0.1, 0.15) is 5.82 Å². The standard InChI is InChI=1S/C15H16FN3O/c1-19(12-7-3-2-4-8-12)10-11-6-5-9-13(14(11)16)15(17)18-20/h2-9,20H,10H2,1H3,(H2,17,18). The minimum atomic E-state index is -0.467. The second-order valence-corrected chi connectivity index (χ2v) is 4.46. The van der Waals surface area contributed by atoms with Crippen molar-refractivity contribution in [2.75, 3.05) is 11.9 Å². The Morgan fingerprint density at radius 2 is 1.90 bits per heavy atom. The fourth-order valence-corrected chi connectivity index (χ4v) is 1.98. The summed E-state index contributed by atoms with van der Waals surface area (Å²) < 4.78 is 14.3. The Hall–Kier alpha value is -2.56. The number of amidine groups is 1. The van der Waals surface area contributed by atoms with Gasteiger partial charge in [0.25, 0.3) is 0 Å². The van der Waals surface area contributed by atoms with E-state index >= 15 is 0 Å². The summed E-state index contributed by atoms with van der Waals surface area (Å²) in [6.07, 6.45) is 0. The van der Waals surface area contributed by atoms with E-state index in [0.717, 1.165) is 5.69 Å². The normalized spacial score (nSPS) is 11.4. The van der Waals surface area contributed by atoms with Crippen LogP contribution in [0, 0.1) is 5.82 Å². The molecule has 2 aromatic carbocycles. The Morgan fingerprint density at radius 1 is 1.20 bits per heavy atom. The SMILES string of the molecule is CN(Cc1cccc(/C(N)=N/O)c1F)c1ccccc1. The van der Waals surface area contributed by atoms with Crippen LogP contribution in [-0.4, -0.2) is 18.1 Å². The van der Waals surface area contributed by atoms with Crippen LogP contribution < -0.4 is 10.6 Å². The van der Waals surface area contributed by atoms with Gasteiger partial charge in [0, 0.05) is 24.8 Å². The maximum absolute atomic E-state index is 14.3. The molecule has 0 fully saturated rings. The maximum atomic E-state index is 14.3. The molecule has 104 valence electrons. The summed E-state index contributed by atoms with van der Waals surface area (Å²) in [5.74, 6) is -0.697. The number of nitrogens with two attached hydrogens (primary N) is 1. The van der Waals surface area contributed by atoms with Gasteiger partial charge in [-0.1, -0.05) is 35.5 Å². The number of para-hydroxylation sites is 1. The summed E-state index contributed by atoms with van der Waals surface area (Å²) in [7, 11) is 1.88. The zero-order chi connectivity index (χ0) is 14.5. The van der Waals surface area contributed by atoms with Crippen molar-refractivity contribution in [1.29, 1.82) is 0 Å². The van der Waals surface area contributed by atoms with E-state index in [1.54, 1.807) is 12.1 Å². The number of rotatable bonds is 4. The van der Waals surface area contributed by atoms with Crippen molar-refractivity contribution in [2.45, 2.75) is 6.54 Å². The Morgan fingerprint density at radius 3 is 2.55 bits per heavy atom. The number of nitrogens with zero attached hydrogens (tertiary/aromatic N) is 2. The van der Waals surface area contributed by atoms with Crippen molar-refractivity contribution in [3.05, 3.63) is 65.5 Å². The van der Waals surface area contributed by atoms with E-state index in [9.17, 15) is 4.39 Å². The molecule has 0 unspecified atom stereocenters. The van der Waals surface area contributed by atoms with Crippen LogP contribution in [0.2, 0.25) is 0 Å². The van der Waals surface area contributed by atoms with Gasteiger partial charge >= 0.3 is 0 Å². The fraction of sp³-hybridized carbons (Fsp3) is 0.133. The number of anilines is 1. The predicted molar refractivity (Wildman–Crippen MR) is 77.5 cm³/mol. The molecule has 0 aromatic heterocycles. The Kier molecular flexibility index (Phi) is 4.20. The summed E-state index contributed by atoms with van der Waals surface area (Å²) in [6, 6.07) is 14.5. The van der Waals surface area contributed by atoms with Gasteiger partial charge in [-0.3, -0.25) is 0 Å². The molecule has 0 saturated carbocycles. The van der Waals surface area contributed by atoms with Gasteiger partial charge in [0.15, 0.2) is 5.84 Å². The second kappa shape index (κ2) is 6.06. The Bertz CT molecular complexity index is 614. The van der Waals surface area contributed by atoms with Gasteiger partial charge in [-0.25, -0.2) is 4.39 Å². The molecule has 0 aliphatic heterocycles. The van der Waals surface area contributed by atoms with Crippen LogP contribution in [0.25, 0.3) is 0 Å². The average Bonchev–Trinajstić information content (AvgIpc) is 2.49. The third-order valence-corrected chi connectivity index (χ3v) is 3.07. The fourth-order valence-electron chi connectivity index (χ4n) is 1.98. The van der Waals surface area contributed by atoms with Gasteiger partial charge in [0.2, 0.25) is 0 Å². The summed E-state index contributed by atoms with van der Waals surface area (Å²) in [5.41, 5.74) is 7.03. The summed E-state index contributed by atoms with van der Waals surface area (Å²) in [5, 5.41) is 11.5. The highest BCUT2D eigenvalue weighted by Gasteiger charge is 2.13. The third kappa shape index (κ3) is 2.88. The number of benzene rings is 2. The van der Waals surface area contributed by atoms with Crippen molar-refractivity contribution in [3.63, 3.8) is 0 Å². The van der Waals surface area contributed by atoms with E-state index in [4.69, 9.17) is 10.9 Å². The van der Waals surface area contributed by atoms with Crippen LogP contribution in [0.3, 0.4) is 0 Å². The molecule has 3 N–H and O–H groups in total. The van der Waals surface area contributed by atoms with Gasteiger partial charge in [-0.05, 0) is 18.2 Å². The van der Waals surface area contributed by atoms with Crippen LogP contribution in [0.15, 0.2) is 53.7 Å². The number of hydrogen-bond acceptors (Lipinski definition) is 3. The highest BCUT2D eigenvalue weighted by Crippen LogP contribution is 2.18. The molecule has 4 nitrogen and oxygen atoms in total. The van der Waals surface area contributed by atoms with Crippen LogP contribution in [0.5, 0.6) is 0 Å². The van der Waals surface area contributed by atoms with Crippen molar-refractivity contribution in [1.82, 2.24) is 0 Å². The Labute approximate surface area is 116 Å². The highest BCUT2D eigenvalue weighted by molar-refractivity contribution is 5.97. The Balaban J connectivity index is 2.26. The van der Waals surface area contributed by atoms with Crippen molar-refractivity contribution in [2.24, 2.45) is 10.9 Å². The summed E-state index contributed by atoms with van der Waals surface area (Å²) in [6.45, 7) is 0.391. The molecule has 2 aromatic rings. The lowest BCUT2D eigenvalue weighted by Crippen LogP contribution is -2.20. The van der Waals surface area contributed by atoms with E-state index in [2.05, 4.69) is 5.16 Å². The lowest BCUT2D eigenvalue weighted by molar-refractivity contribution is 0.318. The first-order valence-electron chi connectivity index (χ1n) is 6.15. The predicted octanol–water partition coefficient (Wildman–Crippen LogP) is 2.56. The van der Waals surface area contributed by atoms with Crippen molar-refractivity contribution >= 4 is 11.5 Å². The first-order valence-corrected chi connectivity index (χ1v) is 6.15. The molecule has 2 rings (SSSR count).